The van der Waals surface area contributed by atoms with Crippen LogP contribution in [0.4, 0.5) is 17.1 Å². The van der Waals surface area contributed by atoms with Gasteiger partial charge >= 0.3 is 0 Å². The summed E-state index contributed by atoms with van der Waals surface area (Å²) in [5.41, 5.74) is 4.73. The van der Waals surface area contributed by atoms with Gasteiger partial charge in [0.05, 0.1) is 15.9 Å². The average molecular weight is 280 g/mol. The maximum absolute atomic E-state index is 11.9. The molecular formula is C11H12N4O5. The van der Waals surface area contributed by atoms with Crippen LogP contribution in [0.25, 0.3) is 0 Å². The standard InChI is InChI=1S/C11H12N4O5/c12-5-7-3-11(16)13(6-7)9-2-1-8(14(17)18)4-10(9)15(19)20/h1-2,4,7H,3,5-6,12H2. The van der Waals surface area contributed by atoms with Gasteiger partial charge < -0.3 is 10.6 Å². The number of nitrogens with zero attached hydrogens (tertiary/aromatic N) is 3. The van der Waals surface area contributed by atoms with Crippen molar-refractivity contribution in [3.05, 3.63) is 38.4 Å². The van der Waals surface area contributed by atoms with E-state index >= 15 is 0 Å². The summed E-state index contributed by atoms with van der Waals surface area (Å²) in [7, 11) is 0. The summed E-state index contributed by atoms with van der Waals surface area (Å²) in [6.45, 7) is 0.594. The van der Waals surface area contributed by atoms with Crippen LogP contribution >= 0.6 is 0 Å². The number of amides is 1. The molecule has 2 N–H and O–H groups in total. The first kappa shape index (κ1) is 13.9. The second-order valence-electron chi connectivity index (χ2n) is 4.50. The van der Waals surface area contributed by atoms with Crippen molar-refractivity contribution in [1.29, 1.82) is 0 Å². The lowest BCUT2D eigenvalue weighted by Gasteiger charge is -2.16. The smallest absolute Gasteiger partial charge is 0.299 e. The van der Waals surface area contributed by atoms with Crippen LogP contribution < -0.4 is 10.6 Å². The number of carbonyl (C=O) groups is 1. The summed E-state index contributed by atoms with van der Waals surface area (Å²) in [5.74, 6) is -0.324. The molecule has 1 fully saturated rings. The van der Waals surface area contributed by atoms with E-state index in [-0.39, 0.29) is 36.2 Å². The molecule has 1 unspecified atom stereocenters. The van der Waals surface area contributed by atoms with E-state index in [2.05, 4.69) is 0 Å². The second kappa shape index (κ2) is 5.21. The molecule has 1 aliphatic rings. The van der Waals surface area contributed by atoms with Crippen LogP contribution in [0.3, 0.4) is 0 Å². The van der Waals surface area contributed by atoms with E-state index in [0.29, 0.717) is 6.54 Å². The Morgan fingerprint density at radius 3 is 2.50 bits per heavy atom. The van der Waals surface area contributed by atoms with Gasteiger partial charge in [-0.3, -0.25) is 25.0 Å². The van der Waals surface area contributed by atoms with Crippen molar-refractivity contribution in [2.75, 3.05) is 18.0 Å². The first-order chi connectivity index (χ1) is 9.43. The Morgan fingerprint density at radius 2 is 2.00 bits per heavy atom. The molecular weight excluding hydrogens is 268 g/mol. The van der Waals surface area contributed by atoms with Gasteiger partial charge in [0, 0.05) is 19.0 Å². The van der Waals surface area contributed by atoms with Crippen LogP contribution in [0.15, 0.2) is 18.2 Å². The molecule has 0 saturated carbocycles. The summed E-state index contributed by atoms with van der Waals surface area (Å²) >= 11 is 0. The molecule has 2 rings (SSSR count). The number of non-ortho nitro benzene ring substituents is 1. The molecule has 1 heterocycles. The fraction of sp³-hybridized carbons (Fsp3) is 0.364. The zero-order valence-corrected chi connectivity index (χ0v) is 10.4. The Labute approximate surface area is 113 Å². The minimum absolute atomic E-state index is 0.0581. The van der Waals surface area contributed by atoms with Crippen LogP contribution in [0.2, 0.25) is 0 Å². The molecule has 106 valence electrons. The third kappa shape index (κ3) is 2.43. The van der Waals surface area contributed by atoms with E-state index in [1.165, 1.54) is 11.0 Å². The fourth-order valence-electron chi connectivity index (χ4n) is 2.17. The van der Waals surface area contributed by atoms with Crippen molar-refractivity contribution < 1.29 is 14.6 Å². The largest absolute Gasteiger partial charge is 0.330 e. The molecule has 20 heavy (non-hydrogen) atoms. The van der Waals surface area contributed by atoms with E-state index in [4.69, 9.17) is 5.73 Å². The number of nitro groups is 2. The first-order valence-corrected chi connectivity index (χ1v) is 5.87. The summed E-state index contributed by atoms with van der Waals surface area (Å²) < 4.78 is 0. The van der Waals surface area contributed by atoms with Gasteiger partial charge in [-0.25, -0.2) is 0 Å². The Kier molecular flexibility index (Phi) is 3.61. The fourth-order valence-corrected chi connectivity index (χ4v) is 2.17. The third-order valence-electron chi connectivity index (χ3n) is 3.20. The van der Waals surface area contributed by atoms with Crippen LogP contribution in [0, 0.1) is 26.1 Å². The molecule has 1 amide bonds. The van der Waals surface area contributed by atoms with E-state index in [1.807, 2.05) is 0 Å². The molecule has 1 saturated heterocycles. The molecule has 1 atom stereocenters. The predicted octanol–water partition coefficient (Wildman–Crippen LogP) is 0.815. The molecule has 1 aromatic rings. The number of anilines is 1. The molecule has 1 aliphatic heterocycles. The molecule has 9 heteroatoms. The van der Waals surface area contributed by atoms with Crippen LogP contribution in [0.1, 0.15) is 6.42 Å². The Morgan fingerprint density at radius 1 is 1.30 bits per heavy atom. The second-order valence-corrected chi connectivity index (χ2v) is 4.50. The first-order valence-electron chi connectivity index (χ1n) is 5.87. The highest BCUT2D eigenvalue weighted by Gasteiger charge is 2.34. The van der Waals surface area contributed by atoms with Crippen LogP contribution in [-0.4, -0.2) is 28.8 Å². The van der Waals surface area contributed by atoms with Gasteiger partial charge in [0.2, 0.25) is 5.91 Å². The Bertz CT molecular complexity index is 588. The molecule has 9 nitrogen and oxygen atoms in total. The van der Waals surface area contributed by atoms with Crippen molar-refractivity contribution in [3.8, 4) is 0 Å². The van der Waals surface area contributed by atoms with Gasteiger partial charge in [-0.2, -0.15) is 0 Å². The number of nitrogens with two attached hydrogens (primary N) is 1. The summed E-state index contributed by atoms with van der Waals surface area (Å²) in [5, 5.41) is 21.7. The zero-order valence-electron chi connectivity index (χ0n) is 10.4. The lowest BCUT2D eigenvalue weighted by atomic mass is 10.1. The van der Waals surface area contributed by atoms with E-state index in [1.54, 1.807) is 0 Å². The highest BCUT2D eigenvalue weighted by atomic mass is 16.6. The number of nitro benzene ring substituents is 2. The van der Waals surface area contributed by atoms with E-state index in [9.17, 15) is 25.0 Å². The lowest BCUT2D eigenvalue weighted by Crippen LogP contribution is -2.26. The highest BCUT2D eigenvalue weighted by molar-refractivity contribution is 5.98. The molecule has 0 aromatic heterocycles. The van der Waals surface area contributed by atoms with Crippen LogP contribution in [-0.2, 0) is 4.79 Å². The topological polar surface area (TPSA) is 133 Å². The molecule has 0 radical (unpaired) electrons. The Balaban J connectivity index is 2.44. The maximum atomic E-state index is 11.9. The van der Waals surface area contributed by atoms with Gasteiger partial charge in [-0.15, -0.1) is 0 Å². The average Bonchev–Trinajstić information content (AvgIpc) is 2.79. The number of carbonyl (C=O) groups excluding carboxylic acids is 1. The molecule has 0 spiro atoms. The van der Waals surface area contributed by atoms with E-state index in [0.717, 1.165) is 12.1 Å². The van der Waals surface area contributed by atoms with Crippen molar-refractivity contribution in [2.24, 2.45) is 11.7 Å². The minimum atomic E-state index is -0.731. The van der Waals surface area contributed by atoms with Crippen molar-refractivity contribution in [1.82, 2.24) is 0 Å². The van der Waals surface area contributed by atoms with Crippen LogP contribution in [0.5, 0.6) is 0 Å². The summed E-state index contributed by atoms with van der Waals surface area (Å²) in [6.07, 6.45) is 0.227. The maximum Gasteiger partial charge on any atom is 0.299 e. The predicted molar refractivity (Wildman–Crippen MR) is 69.3 cm³/mol. The number of rotatable bonds is 4. The van der Waals surface area contributed by atoms with Crippen molar-refractivity contribution in [3.63, 3.8) is 0 Å². The lowest BCUT2D eigenvalue weighted by molar-refractivity contribution is -0.393. The van der Waals surface area contributed by atoms with Crippen molar-refractivity contribution >= 4 is 23.0 Å². The Hall–Kier alpha value is -2.55. The number of hydrogen-bond acceptors (Lipinski definition) is 6. The SMILES string of the molecule is NCC1CC(=O)N(c2ccc([N+](=O)[O-])cc2[N+](=O)[O-])C1. The number of benzene rings is 1. The van der Waals surface area contributed by atoms with Crippen molar-refractivity contribution in [2.45, 2.75) is 6.42 Å². The molecule has 0 bridgehead atoms. The highest BCUT2D eigenvalue weighted by Crippen LogP contribution is 2.35. The van der Waals surface area contributed by atoms with Gasteiger partial charge in [-0.1, -0.05) is 0 Å². The van der Waals surface area contributed by atoms with Gasteiger partial charge in [-0.05, 0) is 18.5 Å². The quantitative estimate of drug-likeness (QED) is 0.641. The molecule has 0 aliphatic carbocycles. The minimum Gasteiger partial charge on any atom is -0.330 e. The van der Waals surface area contributed by atoms with Gasteiger partial charge in [0.1, 0.15) is 5.69 Å². The van der Waals surface area contributed by atoms with E-state index < -0.39 is 15.5 Å². The molecule has 1 aromatic carbocycles. The monoisotopic (exact) mass is 280 g/mol. The zero-order chi connectivity index (χ0) is 14.9. The third-order valence-corrected chi connectivity index (χ3v) is 3.20. The number of hydrogen-bond donors (Lipinski definition) is 1. The summed E-state index contributed by atoms with van der Waals surface area (Å²) in [4.78, 5) is 33.4. The van der Waals surface area contributed by atoms with Gasteiger partial charge in [0.25, 0.3) is 11.4 Å². The summed E-state index contributed by atoms with van der Waals surface area (Å²) in [6, 6.07) is 3.23. The van der Waals surface area contributed by atoms with Gasteiger partial charge in [0.15, 0.2) is 0 Å². The normalized spacial score (nSPS) is 18.4.